The lowest BCUT2D eigenvalue weighted by Crippen LogP contribution is -2.15. The van der Waals surface area contributed by atoms with Crippen LogP contribution in [-0.2, 0) is 4.79 Å². The highest BCUT2D eigenvalue weighted by atomic mass is 35.5. The lowest BCUT2D eigenvalue weighted by molar-refractivity contribution is -0.113. The SMILES string of the molecule is Cc1ccc(-n2c(SCC(=O)Nc3cccc(Cl)c3C)nnc2-c2cccc(Cl)c2)cc1. The Morgan fingerprint density at radius 1 is 1.00 bits per heavy atom. The van der Waals surface area contributed by atoms with Gasteiger partial charge in [0.25, 0.3) is 0 Å². The van der Waals surface area contributed by atoms with Crippen molar-refractivity contribution in [1.29, 1.82) is 0 Å². The van der Waals surface area contributed by atoms with Crippen molar-refractivity contribution in [3.05, 3.63) is 87.9 Å². The highest BCUT2D eigenvalue weighted by molar-refractivity contribution is 7.99. The molecule has 4 aromatic rings. The standard InChI is InChI=1S/C24H20Cl2N4OS/c1-15-9-11-19(12-10-15)30-23(17-5-3-6-18(25)13-17)28-29-24(30)32-14-22(31)27-21-8-4-7-20(26)16(21)2/h3-13H,14H2,1-2H3,(H,27,31). The van der Waals surface area contributed by atoms with E-state index in [4.69, 9.17) is 23.2 Å². The summed E-state index contributed by atoms with van der Waals surface area (Å²) in [6.45, 7) is 3.90. The first kappa shape index (κ1) is 22.4. The number of hydrogen-bond donors (Lipinski definition) is 1. The van der Waals surface area contributed by atoms with E-state index in [-0.39, 0.29) is 11.7 Å². The average molecular weight is 483 g/mol. The molecule has 0 aliphatic carbocycles. The molecule has 1 heterocycles. The van der Waals surface area contributed by atoms with Crippen LogP contribution in [0.3, 0.4) is 0 Å². The first-order valence-electron chi connectivity index (χ1n) is 9.88. The Bertz CT molecular complexity index is 1270. The van der Waals surface area contributed by atoms with Crippen LogP contribution in [0.5, 0.6) is 0 Å². The van der Waals surface area contributed by atoms with E-state index in [0.29, 0.717) is 26.7 Å². The van der Waals surface area contributed by atoms with Gasteiger partial charge in [-0.1, -0.05) is 70.9 Å². The van der Waals surface area contributed by atoms with Crippen LogP contribution in [0.2, 0.25) is 10.0 Å². The third-order valence-electron chi connectivity index (χ3n) is 4.88. The van der Waals surface area contributed by atoms with Gasteiger partial charge in [-0.2, -0.15) is 0 Å². The van der Waals surface area contributed by atoms with Gasteiger partial charge in [0.1, 0.15) is 0 Å². The predicted octanol–water partition coefficient (Wildman–Crippen LogP) is 6.59. The van der Waals surface area contributed by atoms with Gasteiger partial charge < -0.3 is 5.32 Å². The molecule has 0 atom stereocenters. The number of thioether (sulfide) groups is 1. The van der Waals surface area contributed by atoms with E-state index in [2.05, 4.69) is 15.5 Å². The quantitative estimate of drug-likeness (QED) is 0.315. The molecule has 1 aromatic heterocycles. The third-order valence-corrected chi connectivity index (χ3v) is 6.46. The molecule has 0 aliphatic rings. The van der Waals surface area contributed by atoms with Gasteiger partial charge in [0.2, 0.25) is 5.91 Å². The second-order valence-corrected chi connectivity index (χ2v) is 9.02. The lowest BCUT2D eigenvalue weighted by Gasteiger charge is -2.12. The van der Waals surface area contributed by atoms with E-state index in [1.807, 2.05) is 79.1 Å². The van der Waals surface area contributed by atoms with Crippen LogP contribution in [0, 0.1) is 13.8 Å². The number of benzene rings is 3. The molecule has 0 fully saturated rings. The Hall–Kier alpha value is -2.80. The number of halogens is 2. The fourth-order valence-corrected chi connectivity index (χ4v) is 4.28. The summed E-state index contributed by atoms with van der Waals surface area (Å²) in [6, 6.07) is 21.0. The summed E-state index contributed by atoms with van der Waals surface area (Å²) in [5, 5.41) is 13.5. The summed E-state index contributed by atoms with van der Waals surface area (Å²) < 4.78 is 1.94. The third kappa shape index (κ3) is 4.99. The van der Waals surface area contributed by atoms with Gasteiger partial charge in [-0.25, -0.2) is 0 Å². The van der Waals surface area contributed by atoms with Gasteiger partial charge in [-0.15, -0.1) is 10.2 Å². The second-order valence-electron chi connectivity index (χ2n) is 7.24. The smallest absolute Gasteiger partial charge is 0.234 e. The van der Waals surface area contributed by atoms with Crippen molar-refractivity contribution in [2.45, 2.75) is 19.0 Å². The molecular weight excluding hydrogens is 463 g/mol. The zero-order chi connectivity index (χ0) is 22.7. The van der Waals surface area contributed by atoms with Crippen molar-refractivity contribution in [1.82, 2.24) is 14.8 Å². The van der Waals surface area contributed by atoms with Crippen molar-refractivity contribution in [3.8, 4) is 17.1 Å². The Morgan fingerprint density at radius 2 is 1.75 bits per heavy atom. The number of carbonyl (C=O) groups excluding carboxylic acids is 1. The molecule has 0 bridgehead atoms. The number of hydrogen-bond acceptors (Lipinski definition) is 4. The summed E-state index contributed by atoms with van der Waals surface area (Å²) >= 11 is 13.7. The first-order chi connectivity index (χ1) is 15.4. The summed E-state index contributed by atoms with van der Waals surface area (Å²) in [7, 11) is 0. The highest BCUT2D eigenvalue weighted by Crippen LogP contribution is 2.30. The number of aryl methyl sites for hydroxylation is 1. The van der Waals surface area contributed by atoms with Gasteiger partial charge >= 0.3 is 0 Å². The van der Waals surface area contributed by atoms with E-state index >= 15 is 0 Å². The van der Waals surface area contributed by atoms with Crippen molar-refractivity contribution in [2.75, 3.05) is 11.1 Å². The van der Waals surface area contributed by atoms with Gasteiger partial charge in [0, 0.05) is 27.0 Å². The normalized spacial score (nSPS) is 10.9. The van der Waals surface area contributed by atoms with Crippen LogP contribution in [0.25, 0.3) is 17.1 Å². The summed E-state index contributed by atoms with van der Waals surface area (Å²) in [4.78, 5) is 12.6. The number of rotatable bonds is 6. The zero-order valence-electron chi connectivity index (χ0n) is 17.5. The number of aromatic nitrogens is 3. The maximum atomic E-state index is 12.6. The average Bonchev–Trinajstić information content (AvgIpc) is 3.20. The molecule has 0 radical (unpaired) electrons. The second kappa shape index (κ2) is 9.77. The van der Waals surface area contributed by atoms with Crippen molar-refractivity contribution in [3.63, 3.8) is 0 Å². The van der Waals surface area contributed by atoms with Crippen LogP contribution in [0.1, 0.15) is 11.1 Å². The van der Waals surface area contributed by atoms with E-state index in [1.54, 1.807) is 6.07 Å². The Morgan fingerprint density at radius 3 is 2.50 bits per heavy atom. The van der Waals surface area contributed by atoms with Crippen LogP contribution >= 0.6 is 35.0 Å². The minimum Gasteiger partial charge on any atom is -0.325 e. The number of nitrogens with one attached hydrogen (secondary N) is 1. The number of nitrogens with zero attached hydrogens (tertiary/aromatic N) is 3. The van der Waals surface area contributed by atoms with E-state index in [0.717, 1.165) is 22.4 Å². The maximum Gasteiger partial charge on any atom is 0.234 e. The van der Waals surface area contributed by atoms with E-state index in [9.17, 15) is 4.79 Å². The predicted molar refractivity (Wildman–Crippen MR) is 132 cm³/mol. The molecule has 0 saturated carbocycles. The van der Waals surface area contributed by atoms with Crippen molar-refractivity contribution in [2.24, 2.45) is 0 Å². The van der Waals surface area contributed by atoms with Gasteiger partial charge in [0.15, 0.2) is 11.0 Å². The fourth-order valence-electron chi connectivity index (χ4n) is 3.16. The summed E-state index contributed by atoms with van der Waals surface area (Å²) in [5.74, 6) is 0.680. The zero-order valence-corrected chi connectivity index (χ0v) is 19.8. The van der Waals surface area contributed by atoms with Crippen LogP contribution in [0.4, 0.5) is 5.69 Å². The van der Waals surface area contributed by atoms with E-state index < -0.39 is 0 Å². The first-order valence-corrected chi connectivity index (χ1v) is 11.6. The van der Waals surface area contributed by atoms with Gasteiger partial charge in [-0.05, 0) is 55.8 Å². The monoisotopic (exact) mass is 482 g/mol. The van der Waals surface area contributed by atoms with Crippen molar-refractivity contribution < 1.29 is 4.79 Å². The Balaban J connectivity index is 1.61. The number of amides is 1. The molecule has 0 unspecified atom stereocenters. The largest absolute Gasteiger partial charge is 0.325 e. The number of carbonyl (C=O) groups is 1. The molecule has 162 valence electrons. The molecule has 32 heavy (non-hydrogen) atoms. The van der Waals surface area contributed by atoms with Gasteiger partial charge in [0.05, 0.1) is 5.75 Å². The maximum absolute atomic E-state index is 12.6. The fraction of sp³-hybridized carbons (Fsp3) is 0.125. The Kier molecular flexibility index (Phi) is 6.84. The van der Waals surface area contributed by atoms with Crippen LogP contribution in [-0.4, -0.2) is 26.4 Å². The molecule has 0 saturated heterocycles. The molecule has 5 nitrogen and oxygen atoms in total. The molecule has 4 rings (SSSR count). The highest BCUT2D eigenvalue weighted by Gasteiger charge is 2.18. The molecule has 0 aliphatic heterocycles. The van der Waals surface area contributed by atoms with E-state index in [1.165, 1.54) is 11.8 Å². The molecule has 0 spiro atoms. The molecule has 1 amide bonds. The van der Waals surface area contributed by atoms with Crippen LogP contribution < -0.4 is 5.32 Å². The van der Waals surface area contributed by atoms with Crippen LogP contribution in [0.15, 0.2) is 71.9 Å². The minimum atomic E-state index is -0.150. The molecule has 1 N–H and O–H groups in total. The minimum absolute atomic E-state index is 0.150. The Labute approximate surface area is 200 Å². The number of anilines is 1. The molecule has 3 aromatic carbocycles. The van der Waals surface area contributed by atoms with Gasteiger partial charge in [-0.3, -0.25) is 9.36 Å². The molecule has 8 heteroatoms. The lowest BCUT2D eigenvalue weighted by atomic mass is 10.2. The van der Waals surface area contributed by atoms with Crippen molar-refractivity contribution >= 4 is 46.6 Å². The molecular formula is C24H20Cl2N4OS. The summed E-state index contributed by atoms with van der Waals surface area (Å²) in [5.41, 5.74) is 4.43. The summed E-state index contributed by atoms with van der Waals surface area (Å²) in [6.07, 6.45) is 0. The topological polar surface area (TPSA) is 59.8 Å².